The van der Waals surface area contributed by atoms with Crippen molar-refractivity contribution in [1.82, 2.24) is 0 Å². The Morgan fingerprint density at radius 2 is 1.40 bits per heavy atom. The van der Waals surface area contributed by atoms with Crippen LogP contribution in [-0.2, 0) is 0 Å². The van der Waals surface area contributed by atoms with Crippen molar-refractivity contribution in [2.24, 2.45) is 21.7 Å². The Morgan fingerprint density at radius 3 is 1.95 bits per heavy atom. The molecule has 0 aromatic heterocycles. The van der Waals surface area contributed by atoms with Gasteiger partial charge in [-0.3, -0.25) is 0 Å². The molecule has 0 fully saturated rings. The molecule has 0 bridgehead atoms. The Balaban J connectivity index is 2.42. The third-order valence-corrected chi connectivity index (χ3v) is 2.72. The summed E-state index contributed by atoms with van der Waals surface area (Å²) in [6.45, 7) is 0. The molecular weight excluding hydrogens is 252 g/mol. The smallest absolute Gasteiger partial charge is 0.211 e. The molecule has 0 amide bonds. The van der Waals surface area contributed by atoms with Gasteiger partial charge < -0.3 is 16.6 Å². The molecule has 1 unspecified atom stereocenters. The van der Waals surface area contributed by atoms with Crippen molar-refractivity contribution in [1.29, 1.82) is 0 Å². The number of hydrogen-bond acceptors (Lipinski definition) is 3. The maximum absolute atomic E-state index is 10.5. The number of rotatable bonds is 4. The SMILES string of the molecule is NC(N)=N/N=C(/c1ccccc1)C(O)c1ccccc1. The lowest BCUT2D eigenvalue weighted by Crippen LogP contribution is -2.22. The summed E-state index contributed by atoms with van der Waals surface area (Å²) in [7, 11) is 0. The van der Waals surface area contributed by atoms with E-state index in [0.717, 1.165) is 11.1 Å². The first kappa shape index (κ1) is 13.8. The van der Waals surface area contributed by atoms with Gasteiger partial charge in [0, 0.05) is 5.56 Å². The summed E-state index contributed by atoms with van der Waals surface area (Å²) in [5.41, 5.74) is 12.5. The van der Waals surface area contributed by atoms with E-state index in [1.54, 1.807) is 0 Å². The highest BCUT2D eigenvalue weighted by Crippen LogP contribution is 2.19. The summed E-state index contributed by atoms with van der Waals surface area (Å²) in [5, 5.41) is 18.1. The van der Waals surface area contributed by atoms with Crippen LogP contribution in [0.1, 0.15) is 17.2 Å². The molecule has 0 saturated carbocycles. The molecule has 2 aromatic rings. The summed E-state index contributed by atoms with van der Waals surface area (Å²) in [6, 6.07) is 18.5. The Bertz CT molecular complexity index is 604. The van der Waals surface area contributed by atoms with Gasteiger partial charge in [-0.25, -0.2) is 0 Å². The van der Waals surface area contributed by atoms with Crippen LogP contribution in [0.4, 0.5) is 0 Å². The lowest BCUT2D eigenvalue weighted by molar-refractivity contribution is 0.247. The number of aliphatic hydroxyl groups is 1. The average Bonchev–Trinajstić information content (AvgIpc) is 2.49. The van der Waals surface area contributed by atoms with E-state index in [2.05, 4.69) is 10.2 Å². The van der Waals surface area contributed by atoms with Gasteiger partial charge >= 0.3 is 0 Å². The van der Waals surface area contributed by atoms with E-state index in [1.807, 2.05) is 60.7 Å². The van der Waals surface area contributed by atoms with Crippen LogP contribution >= 0.6 is 0 Å². The Morgan fingerprint density at radius 1 is 0.850 bits per heavy atom. The number of benzene rings is 2. The summed E-state index contributed by atoms with van der Waals surface area (Å²) in [4.78, 5) is 0. The quantitative estimate of drug-likeness (QED) is 0.444. The molecule has 20 heavy (non-hydrogen) atoms. The van der Waals surface area contributed by atoms with Crippen molar-refractivity contribution < 1.29 is 5.11 Å². The number of nitrogens with zero attached hydrogens (tertiary/aromatic N) is 2. The van der Waals surface area contributed by atoms with Gasteiger partial charge in [0.2, 0.25) is 5.96 Å². The van der Waals surface area contributed by atoms with Crippen LogP contribution in [0, 0.1) is 0 Å². The van der Waals surface area contributed by atoms with E-state index in [9.17, 15) is 5.11 Å². The Kier molecular flexibility index (Phi) is 4.47. The van der Waals surface area contributed by atoms with Crippen LogP contribution in [0.2, 0.25) is 0 Å². The predicted molar refractivity (Wildman–Crippen MR) is 80.2 cm³/mol. The van der Waals surface area contributed by atoms with Crippen LogP contribution < -0.4 is 11.5 Å². The van der Waals surface area contributed by atoms with E-state index >= 15 is 0 Å². The first-order valence-corrected chi connectivity index (χ1v) is 6.13. The molecule has 0 heterocycles. The van der Waals surface area contributed by atoms with Crippen LogP contribution in [0.15, 0.2) is 70.9 Å². The van der Waals surface area contributed by atoms with Crippen LogP contribution in [0.3, 0.4) is 0 Å². The highest BCUT2D eigenvalue weighted by molar-refractivity contribution is 6.04. The van der Waals surface area contributed by atoms with Gasteiger partial charge in [0.05, 0.1) is 0 Å². The van der Waals surface area contributed by atoms with Gasteiger partial charge in [0.1, 0.15) is 11.8 Å². The van der Waals surface area contributed by atoms with Gasteiger partial charge in [-0.05, 0) is 5.56 Å². The molecule has 5 N–H and O–H groups in total. The second kappa shape index (κ2) is 6.49. The van der Waals surface area contributed by atoms with Crippen molar-refractivity contribution in [3.8, 4) is 0 Å². The minimum atomic E-state index is -0.901. The lowest BCUT2D eigenvalue weighted by atomic mass is 9.99. The van der Waals surface area contributed by atoms with Crippen LogP contribution in [-0.4, -0.2) is 16.8 Å². The van der Waals surface area contributed by atoms with E-state index in [0.29, 0.717) is 5.71 Å². The fourth-order valence-corrected chi connectivity index (χ4v) is 1.78. The zero-order valence-corrected chi connectivity index (χ0v) is 10.8. The Labute approximate surface area is 117 Å². The first-order chi connectivity index (χ1) is 9.68. The Hall–Kier alpha value is -2.66. The maximum Gasteiger partial charge on any atom is 0.211 e. The van der Waals surface area contributed by atoms with E-state index in [1.165, 1.54) is 0 Å². The largest absolute Gasteiger partial charge is 0.382 e. The standard InChI is InChI=1S/C15H16N4O/c16-15(17)19-18-13(11-7-3-1-4-8-11)14(20)12-9-5-2-6-10-12/h1-10,14,20H,(H4,16,17,19)/b18-13-. The fraction of sp³-hybridized carbons (Fsp3) is 0.0667. The average molecular weight is 268 g/mol. The number of guanidine groups is 1. The molecule has 2 rings (SSSR count). The van der Waals surface area contributed by atoms with Gasteiger partial charge in [-0.2, -0.15) is 0 Å². The summed E-state index contributed by atoms with van der Waals surface area (Å²) in [6.07, 6.45) is -0.901. The summed E-state index contributed by atoms with van der Waals surface area (Å²) >= 11 is 0. The normalized spacial score (nSPS) is 12.8. The van der Waals surface area contributed by atoms with Crippen molar-refractivity contribution >= 4 is 11.7 Å². The lowest BCUT2D eigenvalue weighted by Gasteiger charge is -2.13. The van der Waals surface area contributed by atoms with Crippen molar-refractivity contribution in [3.63, 3.8) is 0 Å². The second-order valence-electron chi connectivity index (χ2n) is 4.19. The zero-order chi connectivity index (χ0) is 14.4. The molecule has 0 aliphatic rings. The van der Waals surface area contributed by atoms with Crippen molar-refractivity contribution in [3.05, 3.63) is 71.8 Å². The molecule has 0 aliphatic carbocycles. The zero-order valence-electron chi connectivity index (χ0n) is 10.8. The van der Waals surface area contributed by atoms with Crippen LogP contribution in [0.5, 0.6) is 0 Å². The third-order valence-electron chi connectivity index (χ3n) is 2.72. The summed E-state index contributed by atoms with van der Waals surface area (Å²) < 4.78 is 0. The minimum Gasteiger partial charge on any atom is -0.382 e. The van der Waals surface area contributed by atoms with Gasteiger partial charge in [-0.15, -0.1) is 10.2 Å². The molecule has 2 aromatic carbocycles. The molecule has 5 heteroatoms. The van der Waals surface area contributed by atoms with Crippen molar-refractivity contribution in [2.45, 2.75) is 6.10 Å². The number of aliphatic hydroxyl groups excluding tert-OH is 1. The molecular formula is C15H16N4O. The second-order valence-corrected chi connectivity index (χ2v) is 4.19. The molecule has 0 spiro atoms. The third kappa shape index (κ3) is 3.43. The van der Waals surface area contributed by atoms with Crippen molar-refractivity contribution in [2.75, 3.05) is 0 Å². The molecule has 0 radical (unpaired) electrons. The monoisotopic (exact) mass is 268 g/mol. The molecule has 102 valence electrons. The first-order valence-electron chi connectivity index (χ1n) is 6.13. The number of nitrogens with two attached hydrogens (primary N) is 2. The van der Waals surface area contributed by atoms with Gasteiger partial charge in [0.25, 0.3) is 0 Å². The van der Waals surface area contributed by atoms with E-state index in [4.69, 9.17) is 11.5 Å². The molecule has 0 saturated heterocycles. The summed E-state index contributed by atoms with van der Waals surface area (Å²) in [5.74, 6) is -0.154. The molecule has 0 aliphatic heterocycles. The highest BCUT2D eigenvalue weighted by Gasteiger charge is 2.17. The number of hydrogen-bond donors (Lipinski definition) is 3. The van der Waals surface area contributed by atoms with E-state index < -0.39 is 6.10 Å². The molecule has 1 atom stereocenters. The predicted octanol–water partition coefficient (Wildman–Crippen LogP) is 1.40. The topological polar surface area (TPSA) is 97.0 Å². The minimum absolute atomic E-state index is 0.154. The molecule has 5 nitrogen and oxygen atoms in total. The van der Waals surface area contributed by atoms with Crippen LogP contribution in [0.25, 0.3) is 0 Å². The van der Waals surface area contributed by atoms with Gasteiger partial charge in [0.15, 0.2) is 0 Å². The van der Waals surface area contributed by atoms with Gasteiger partial charge in [-0.1, -0.05) is 60.7 Å². The fourth-order valence-electron chi connectivity index (χ4n) is 1.78. The maximum atomic E-state index is 10.5. The highest BCUT2D eigenvalue weighted by atomic mass is 16.3. The van der Waals surface area contributed by atoms with E-state index in [-0.39, 0.29) is 5.96 Å².